The van der Waals surface area contributed by atoms with Crippen molar-refractivity contribution < 1.29 is 0 Å². The molecular weight excluding hydrogens is 258 g/mol. The second kappa shape index (κ2) is 7.79. The number of hydrogen-bond donors (Lipinski definition) is 1. The molecule has 1 heterocycles. The lowest BCUT2D eigenvalue weighted by Gasteiger charge is -2.23. The third-order valence-corrected chi connectivity index (χ3v) is 3.67. The number of hydrogen-bond acceptors (Lipinski definition) is 3. The van der Waals surface area contributed by atoms with Crippen molar-refractivity contribution in [3.05, 3.63) is 59.3 Å². The number of rotatable bonds is 7. The summed E-state index contributed by atoms with van der Waals surface area (Å²) >= 11 is 0. The van der Waals surface area contributed by atoms with Crippen molar-refractivity contribution in [2.45, 2.75) is 33.9 Å². The van der Waals surface area contributed by atoms with Crippen LogP contribution in [0.1, 0.15) is 30.7 Å². The lowest BCUT2D eigenvalue weighted by atomic mass is 10.2. The second-order valence-electron chi connectivity index (χ2n) is 5.19. The SMILES string of the molecule is CCNCc1ccc(N(CC)Cc2ccccc2)nc1C. The molecule has 0 spiro atoms. The summed E-state index contributed by atoms with van der Waals surface area (Å²) in [6, 6.07) is 14.9. The highest BCUT2D eigenvalue weighted by Crippen LogP contribution is 2.17. The zero-order valence-electron chi connectivity index (χ0n) is 13.3. The number of nitrogens with one attached hydrogen (secondary N) is 1. The summed E-state index contributed by atoms with van der Waals surface area (Å²) in [5.74, 6) is 1.05. The van der Waals surface area contributed by atoms with E-state index in [4.69, 9.17) is 4.98 Å². The maximum absolute atomic E-state index is 4.78. The molecule has 21 heavy (non-hydrogen) atoms. The number of aromatic nitrogens is 1. The van der Waals surface area contributed by atoms with Crippen LogP contribution in [0.3, 0.4) is 0 Å². The van der Waals surface area contributed by atoms with E-state index in [-0.39, 0.29) is 0 Å². The minimum absolute atomic E-state index is 0.889. The standard InChI is InChI=1S/C18H25N3/c1-4-19-13-17-11-12-18(20-15(17)3)21(5-2)14-16-9-7-6-8-10-16/h6-12,19H,4-5,13-14H2,1-3H3. The Labute approximate surface area is 128 Å². The van der Waals surface area contributed by atoms with Gasteiger partial charge in [0, 0.05) is 25.3 Å². The van der Waals surface area contributed by atoms with Gasteiger partial charge in [-0.05, 0) is 37.6 Å². The number of pyridine rings is 1. The largest absolute Gasteiger partial charge is 0.353 e. The number of nitrogens with zero attached hydrogens (tertiary/aromatic N) is 2. The Balaban J connectivity index is 2.13. The highest BCUT2D eigenvalue weighted by molar-refractivity contribution is 5.42. The third-order valence-electron chi connectivity index (χ3n) is 3.67. The molecule has 0 aliphatic heterocycles. The van der Waals surface area contributed by atoms with E-state index in [1.54, 1.807) is 0 Å². The van der Waals surface area contributed by atoms with E-state index in [0.29, 0.717) is 0 Å². The first kappa shape index (κ1) is 15.5. The number of benzene rings is 1. The van der Waals surface area contributed by atoms with Gasteiger partial charge in [-0.1, -0.05) is 43.3 Å². The molecule has 2 aromatic rings. The molecule has 3 nitrogen and oxygen atoms in total. The molecule has 0 aliphatic carbocycles. The molecule has 3 heteroatoms. The van der Waals surface area contributed by atoms with E-state index in [9.17, 15) is 0 Å². The first-order valence-electron chi connectivity index (χ1n) is 7.70. The van der Waals surface area contributed by atoms with Crippen LogP contribution in [-0.2, 0) is 13.1 Å². The van der Waals surface area contributed by atoms with Gasteiger partial charge in [-0.25, -0.2) is 4.98 Å². The van der Waals surface area contributed by atoms with Gasteiger partial charge in [-0.15, -0.1) is 0 Å². The molecule has 0 radical (unpaired) electrons. The molecule has 1 aromatic carbocycles. The van der Waals surface area contributed by atoms with Crippen LogP contribution in [0.2, 0.25) is 0 Å². The Morgan fingerprint density at radius 1 is 1.05 bits per heavy atom. The molecule has 112 valence electrons. The average Bonchev–Trinajstić information content (AvgIpc) is 2.52. The molecule has 0 fully saturated rings. The zero-order chi connectivity index (χ0) is 15.1. The Hall–Kier alpha value is -1.87. The van der Waals surface area contributed by atoms with Crippen LogP contribution < -0.4 is 10.2 Å². The highest BCUT2D eigenvalue weighted by atomic mass is 15.2. The molecule has 2 rings (SSSR count). The predicted molar refractivity (Wildman–Crippen MR) is 89.5 cm³/mol. The van der Waals surface area contributed by atoms with Crippen LogP contribution >= 0.6 is 0 Å². The fraction of sp³-hybridized carbons (Fsp3) is 0.389. The van der Waals surface area contributed by atoms with Crippen LogP contribution in [0.25, 0.3) is 0 Å². The first-order valence-corrected chi connectivity index (χ1v) is 7.70. The number of aryl methyl sites for hydroxylation is 1. The lowest BCUT2D eigenvalue weighted by molar-refractivity contribution is 0.718. The van der Waals surface area contributed by atoms with Crippen molar-refractivity contribution in [3.8, 4) is 0 Å². The molecule has 0 atom stereocenters. The van der Waals surface area contributed by atoms with Gasteiger partial charge in [0.15, 0.2) is 0 Å². The van der Waals surface area contributed by atoms with E-state index in [2.05, 4.69) is 73.5 Å². The Morgan fingerprint density at radius 2 is 1.81 bits per heavy atom. The van der Waals surface area contributed by atoms with Crippen molar-refractivity contribution in [1.82, 2.24) is 10.3 Å². The van der Waals surface area contributed by atoms with Gasteiger partial charge in [-0.2, -0.15) is 0 Å². The van der Waals surface area contributed by atoms with Crippen LogP contribution in [-0.4, -0.2) is 18.1 Å². The summed E-state index contributed by atoms with van der Waals surface area (Å²) < 4.78 is 0. The summed E-state index contributed by atoms with van der Waals surface area (Å²) in [6.45, 7) is 10.1. The average molecular weight is 283 g/mol. The molecule has 0 amide bonds. The molecule has 0 unspecified atom stereocenters. The van der Waals surface area contributed by atoms with Crippen molar-refractivity contribution in [3.63, 3.8) is 0 Å². The van der Waals surface area contributed by atoms with Gasteiger partial charge in [0.1, 0.15) is 5.82 Å². The fourth-order valence-corrected chi connectivity index (χ4v) is 2.36. The lowest BCUT2D eigenvalue weighted by Crippen LogP contribution is -2.23. The van der Waals surface area contributed by atoms with Crippen molar-refractivity contribution >= 4 is 5.82 Å². The molecular formula is C18H25N3. The molecule has 0 saturated carbocycles. The summed E-state index contributed by atoms with van der Waals surface area (Å²) in [7, 11) is 0. The van der Waals surface area contributed by atoms with Gasteiger partial charge in [0.2, 0.25) is 0 Å². The molecule has 1 aromatic heterocycles. The number of anilines is 1. The minimum Gasteiger partial charge on any atom is -0.353 e. The van der Waals surface area contributed by atoms with Gasteiger partial charge >= 0.3 is 0 Å². The van der Waals surface area contributed by atoms with E-state index in [1.165, 1.54) is 11.1 Å². The van der Waals surface area contributed by atoms with Crippen LogP contribution in [0.4, 0.5) is 5.82 Å². The Bertz CT molecular complexity index is 552. The summed E-state index contributed by atoms with van der Waals surface area (Å²) in [4.78, 5) is 7.08. The monoisotopic (exact) mass is 283 g/mol. The van der Waals surface area contributed by atoms with Gasteiger partial charge in [-0.3, -0.25) is 0 Å². The normalized spacial score (nSPS) is 10.6. The van der Waals surface area contributed by atoms with E-state index < -0.39 is 0 Å². The smallest absolute Gasteiger partial charge is 0.129 e. The minimum atomic E-state index is 0.889. The molecule has 0 saturated heterocycles. The van der Waals surface area contributed by atoms with Gasteiger partial charge in [0.25, 0.3) is 0 Å². The summed E-state index contributed by atoms with van der Waals surface area (Å²) in [6.07, 6.45) is 0. The summed E-state index contributed by atoms with van der Waals surface area (Å²) in [5, 5.41) is 3.35. The second-order valence-corrected chi connectivity index (χ2v) is 5.19. The third kappa shape index (κ3) is 4.30. The van der Waals surface area contributed by atoms with Crippen molar-refractivity contribution in [2.24, 2.45) is 0 Å². The van der Waals surface area contributed by atoms with Crippen LogP contribution in [0.15, 0.2) is 42.5 Å². The predicted octanol–water partition coefficient (Wildman–Crippen LogP) is 3.53. The van der Waals surface area contributed by atoms with Crippen molar-refractivity contribution in [2.75, 3.05) is 18.0 Å². The van der Waals surface area contributed by atoms with Gasteiger partial charge in [0.05, 0.1) is 0 Å². The maximum Gasteiger partial charge on any atom is 0.129 e. The summed E-state index contributed by atoms with van der Waals surface area (Å²) in [5.41, 5.74) is 3.70. The quantitative estimate of drug-likeness (QED) is 0.842. The molecule has 1 N–H and O–H groups in total. The Kier molecular flexibility index (Phi) is 5.76. The Morgan fingerprint density at radius 3 is 2.43 bits per heavy atom. The molecule has 0 aliphatic rings. The van der Waals surface area contributed by atoms with Crippen LogP contribution in [0, 0.1) is 6.92 Å². The van der Waals surface area contributed by atoms with Crippen LogP contribution in [0.5, 0.6) is 0 Å². The zero-order valence-corrected chi connectivity index (χ0v) is 13.3. The van der Waals surface area contributed by atoms with E-state index >= 15 is 0 Å². The first-order chi connectivity index (χ1) is 10.2. The van der Waals surface area contributed by atoms with Crippen molar-refractivity contribution in [1.29, 1.82) is 0 Å². The maximum atomic E-state index is 4.78. The fourth-order valence-electron chi connectivity index (χ4n) is 2.36. The highest BCUT2D eigenvalue weighted by Gasteiger charge is 2.08. The topological polar surface area (TPSA) is 28.2 Å². The molecule has 0 bridgehead atoms. The van der Waals surface area contributed by atoms with E-state index in [1.807, 2.05) is 0 Å². The van der Waals surface area contributed by atoms with E-state index in [0.717, 1.165) is 37.7 Å². The van der Waals surface area contributed by atoms with Gasteiger partial charge < -0.3 is 10.2 Å².